The minimum atomic E-state index is -0.817. The average molecular weight is 545 g/mol. The first-order valence-corrected chi connectivity index (χ1v) is 16.6. The van der Waals surface area contributed by atoms with E-state index in [0.717, 1.165) is 32.1 Å². The minimum absolute atomic E-state index is 0. The van der Waals surface area contributed by atoms with Crippen LogP contribution < -0.4 is 56.5 Å². The van der Waals surface area contributed by atoms with Gasteiger partial charge in [-0.15, -0.1) is 0 Å². The fraction of sp³-hybridized carbons (Fsp3) is 0.912. The molecule has 2 nitrogen and oxygen atoms in total. The van der Waals surface area contributed by atoms with Crippen LogP contribution in [0.25, 0.3) is 0 Å². The summed E-state index contributed by atoms with van der Waals surface area (Å²) >= 11 is 0. The van der Waals surface area contributed by atoms with Gasteiger partial charge in [-0.2, -0.15) is 0 Å². The number of allylic oxidation sites excluding steroid dienone is 2. The fourth-order valence-electron chi connectivity index (χ4n) is 5.25. The minimum Gasteiger partial charge on any atom is -0.550 e. The molecule has 0 saturated carbocycles. The molecule has 0 amide bonds. The second-order valence-corrected chi connectivity index (χ2v) is 11.4. The van der Waals surface area contributed by atoms with Crippen LogP contribution in [-0.2, 0) is 4.79 Å². The molecule has 0 heterocycles. The molecule has 0 saturated heterocycles. The van der Waals surface area contributed by atoms with Crippen molar-refractivity contribution in [1.82, 2.24) is 0 Å². The summed E-state index contributed by atoms with van der Waals surface area (Å²) in [5, 5.41) is 11.5. The summed E-state index contributed by atoms with van der Waals surface area (Å²) in [6.07, 6.45) is 40.5. The van der Waals surface area contributed by atoms with Crippen LogP contribution in [0, 0.1) is 5.92 Å². The predicted octanol–water partition coefficient (Wildman–Crippen LogP) is 7.88. The molecule has 37 heavy (non-hydrogen) atoms. The number of hydrogen-bond donors (Lipinski definition) is 0. The molecule has 0 aliphatic rings. The van der Waals surface area contributed by atoms with Crippen LogP contribution in [0.5, 0.6) is 0 Å². The third-order valence-corrected chi connectivity index (χ3v) is 7.80. The molecule has 0 aromatic heterocycles. The zero-order valence-electron chi connectivity index (χ0n) is 25.8. The maximum absolute atomic E-state index is 11.5. The number of carboxylic acids is 1. The number of hydrogen-bond acceptors (Lipinski definition) is 2. The van der Waals surface area contributed by atoms with Gasteiger partial charge in [0.15, 0.2) is 0 Å². The van der Waals surface area contributed by atoms with E-state index in [1.54, 1.807) is 0 Å². The van der Waals surface area contributed by atoms with Gasteiger partial charge in [0, 0.05) is 5.97 Å². The predicted molar refractivity (Wildman–Crippen MR) is 158 cm³/mol. The third kappa shape index (κ3) is 33.0. The van der Waals surface area contributed by atoms with Gasteiger partial charge in [-0.1, -0.05) is 167 Å². The second-order valence-electron chi connectivity index (χ2n) is 11.4. The SMILES string of the molecule is CCCCCCCC/C=C\CCCCCCC(CCCCCCCCCCCCCCCC)C(=O)[O-].[K+]. The summed E-state index contributed by atoms with van der Waals surface area (Å²) in [5.41, 5.74) is 0. The van der Waals surface area contributed by atoms with E-state index in [1.165, 1.54) is 148 Å². The molecule has 214 valence electrons. The van der Waals surface area contributed by atoms with Gasteiger partial charge in [0.1, 0.15) is 0 Å². The zero-order valence-corrected chi connectivity index (χ0v) is 29.0. The van der Waals surface area contributed by atoms with Crippen LogP contribution in [0.3, 0.4) is 0 Å². The van der Waals surface area contributed by atoms with Gasteiger partial charge >= 0.3 is 51.4 Å². The molecule has 0 radical (unpaired) electrons. The van der Waals surface area contributed by atoms with Gasteiger partial charge in [0.25, 0.3) is 0 Å². The molecule has 0 aromatic rings. The molecule has 0 spiro atoms. The van der Waals surface area contributed by atoms with Crippen LogP contribution in [0.15, 0.2) is 12.2 Å². The Morgan fingerprint density at radius 3 is 1.05 bits per heavy atom. The van der Waals surface area contributed by atoms with Crippen molar-refractivity contribution in [3.63, 3.8) is 0 Å². The van der Waals surface area contributed by atoms with E-state index in [1.807, 2.05) is 0 Å². The van der Waals surface area contributed by atoms with E-state index in [0.29, 0.717) is 0 Å². The Hall–Kier alpha value is 0.846. The van der Waals surface area contributed by atoms with E-state index in [-0.39, 0.29) is 57.3 Å². The van der Waals surface area contributed by atoms with Crippen molar-refractivity contribution < 1.29 is 61.3 Å². The smallest absolute Gasteiger partial charge is 0.550 e. The quantitative estimate of drug-likeness (QED) is 0.0524. The van der Waals surface area contributed by atoms with E-state index >= 15 is 0 Å². The molecule has 0 aliphatic carbocycles. The normalized spacial score (nSPS) is 12.2. The average Bonchev–Trinajstić information content (AvgIpc) is 2.87. The molecular weight excluding hydrogens is 479 g/mol. The number of unbranched alkanes of at least 4 members (excludes halogenated alkanes) is 23. The molecule has 1 atom stereocenters. The zero-order chi connectivity index (χ0) is 26.4. The number of carboxylic acid groups (broad SMARTS) is 1. The van der Waals surface area contributed by atoms with Crippen molar-refractivity contribution in [2.24, 2.45) is 5.92 Å². The van der Waals surface area contributed by atoms with E-state index in [4.69, 9.17) is 0 Å². The molecule has 0 bridgehead atoms. The summed E-state index contributed by atoms with van der Waals surface area (Å²) < 4.78 is 0. The Morgan fingerprint density at radius 2 is 0.757 bits per heavy atom. The Labute approximate surface area is 276 Å². The summed E-state index contributed by atoms with van der Waals surface area (Å²) in [4.78, 5) is 11.5. The largest absolute Gasteiger partial charge is 1.00 e. The summed E-state index contributed by atoms with van der Waals surface area (Å²) in [6.45, 7) is 4.55. The molecule has 0 rings (SSSR count). The van der Waals surface area contributed by atoms with Crippen molar-refractivity contribution in [2.75, 3.05) is 0 Å². The molecule has 0 aromatic carbocycles. The standard InChI is InChI=1S/C34H66O2.K/c1-3-5-7-9-11-13-15-17-19-21-23-25-27-29-31-33(34(35)36)32-30-28-26-24-22-20-18-16-14-12-10-8-6-4-2;/h17,19,33H,3-16,18,20-32H2,1-2H3,(H,35,36);/q;+1/p-1/b19-17-;. The number of aliphatic carboxylic acids is 1. The first-order chi connectivity index (χ1) is 17.7. The van der Waals surface area contributed by atoms with Crippen molar-refractivity contribution in [2.45, 2.75) is 194 Å². The van der Waals surface area contributed by atoms with Crippen molar-refractivity contribution >= 4 is 5.97 Å². The van der Waals surface area contributed by atoms with Crippen LogP contribution in [-0.4, -0.2) is 5.97 Å². The van der Waals surface area contributed by atoms with Gasteiger partial charge in [0.2, 0.25) is 0 Å². The van der Waals surface area contributed by atoms with Crippen molar-refractivity contribution in [3.8, 4) is 0 Å². The van der Waals surface area contributed by atoms with Gasteiger partial charge in [-0.25, -0.2) is 0 Å². The van der Waals surface area contributed by atoms with Crippen molar-refractivity contribution in [3.05, 3.63) is 12.2 Å². The number of carbonyl (C=O) groups is 1. The summed E-state index contributed by atoms with van der Waals surface area (Å²) in [6, 6.07) is 0. The molecule has 0 aliphatic heterocycles. The Balaban J connectivity index is 0. The maximum Gasteiger partial charge on any atom is 1.00 e. The van der Waals surface area contributed by atoms with Gasteiger partial charge in [-0.05, 0) is 44.4 Å². The Bertz CT molecular complexity index is 463. The molecule has 0 N–H and O–H groups in total. The van der Waals surface area contributed by atoms with Crippen LogP contribution in [0.4, 0.5) is 0 Å². The molecule has 0 fully saturated rings. The Morgan fingerprint density at radius 1 is 0.486 bits per heavy atom. The monoisotopic (exact) mass is 544 g/mol. The summed E-state index contributed by atoms with van der Waals surface area (Å²) in [7, 11) is 0. The topological polar surface area (TPSA) is 40.1 Å². The van der Waals surface area contributed by atoms with E-state index in [2.05, 4.69) is 26.0 Å². The fourth-order valence-corrected chi connectivity index (χ4v) is 5.25. The van der Waals surface area contributed by atoms with Gasteiger partial charge < -0.3 is 9.90 Å². The van der Waals surface area contributed by atoms with E-state index in [9.17, 15) is 9.90 Å². The first-order valence-electron chi connectivity index (χ1n) is 16.6. The van der Waals surface area contributed by atoms with Crippen molar-refractivity contribution in [1.29, 1.82) is 0 Å². The van der Waals surface area contributed by atoms with Crippen LogP contribution >= 0.6 is 0 Å². The van der Waals surface area contributed by atoms with Gasteiger partial charge in [-0.3, -0.25) is 0 Å². The van der Waals surface area contributed by atoms with E-state index < -0.39 is 5.97 Å². The molecular formula is C34H65KO2. The molecule has 1 unspecified atom stereocenters. The molecule has 3 heteroatoms. The number of rotatable bonds is 30. The third-order valence-electron chi connectivity index (χ3n) is 7.80. The maximum atomic E-state index is 11.5. The van der Waals surface area contributed by atoms with Crippen LogP contribution in [0.2, 0.25) is 0 Å². The second kappa shape index (κ2) is 34.9. The Kier molecular flexibility index (Phi) is 37.7. The summed E-state index contributed by atoms with van der Waals surface area (Å²) in [5.74, 6) is -1.04. The first kappa shape index (κ1) is 40.0. The number of carbonyl (C=O) groups excluding carboxylic acids is 1. The van der Waals surface area contributed by atoms with Crippen LogP contribution in [0.1, 0.15) is 194 Å². The van der Waals surface area contributed by atoms with Gasteiger partial charge in [0.05, 0.1) is 0 Å².